The van der Waals surface area contributed by atoms with Crippen LogP contribution in [0.15, 0.2) is 34.2 Å². The van der Waals surface area contributed by atoms with E-state index in [2.05, 4.69) is 15.6 Å². The van der Waals surface area contributed by atoms with Gasteiger partial charge in [0.15, 0.2) is 15.8 Å². The van der Waals surface area contributed by atoms with Crippen LogP contribution in [0.25, 0.3) is 0 Å². The van der Waals surface area contributed by atoms with Crippen molar-refractivity contribution in [3.8, 4) is 0 Å². The van der Waals surface area contributed by atoms with Crippen molar-refractivity contribution in [3.05, 3.63) is 29.3 Å². The van der Waals surface area contributed by atoms with Crippen molar-refractivity contribution in [1.29, 1.82) is 0 Å². The number of guanidine groups is 1. The molecule has 0 spiro atoms. The highest BCUT2D eigenvalue weighted by Crippen LogP contribution is 2.34. The second-order valence-electron chi connectivity index (χ2n) is 6.13. The molecule has 0 saturated carbocycles. The third-order valence-corrected chi connectivity index (χ3v) is 6.47. The highest BCUT2D eigenvalue weighted by atomic mass is 35.5. The van der Waals surface area contributed by atoms with Crippen molar-refractivity contribution < 1.29 is 13.2 Å². The van der Waals surface area contributed by atoms with Crippen LogP contribution in [0.3, 0.4) is 0 Å². The zero-order valence-electron chi connectivity index (χ0n) is 13.5. The first-order valence-corrected chi connectivity index (χ1v) is 10.1. The quantitative estimate of drug-likeness (QED) is 0.607. The van der Waals surface area contributed by atoms with Crippen LogP contribution in [-0.2, 0) is 14.6 Å². The van der Waals surface area contributed by atoms with Gasteiger partial charge >= 0.3 is 0 Å². The Hall–Kier alpha value is -1.31. The number of rotatable bonds is 5. The second kappa shape index (κ2) is 7.29. The monoisotopic (exact) mass is 371 g/mol. The van der Waals surface area contributed by atoms with Crippen molar-refractivity contribution in [2.75, 3.05) is 19.3 Å². The summed E-state index contributed by atoms with van der Waals surface area (Å²) in [5, 5.41) is 6.92. The van der Waals surface area contributed by atoms with Crippen LogP contribution >= 0.6 is 11.6 Å². The van der Waals surface area contributed by atoms with Crippen LogP contribution < -0.4 is 10.6 Å². The van der Waals surface area contributed by atoms with Crippen molar-refractivity contribution in [3.63, 3.8) is 0 Å². The van der Waals surface area contributed by atoms with E-state index in [1.54, 1.807) is 19.2 Å². The van der Waals surface area contributed by atoms with E-state index in [9.17, 15) is 8.42 Å². The third kappa shape index (κ3) is 4.02. The summed E-state index contributed by atoms with van der Waals surface area (Å²) in [6.45, 7) is 0.284. The number of hydrogen-bond donors (Lipinski definition) is 2. The number of nitrogens with zero attached hydrogens (tertiary/aromatic N) is 1. The lowest BCUT2D eigenvalue weighted by molar-refractivity contribution is 0.0992. The molecule has 2 saturated heterocycles. The van der Waals surface area contributed by atoms with Crippen molar-refractivity contribution in [1.82, 2.24) is 10.6 Å². The third-order valence-electron chi connectivity index (χ3n) is 4.49. The van der Waals surface area contributed by atoms with Gasteiger partial charge in [0.2, 0.25) is 0 Å². The molecule has 8 heteroatoms. The molecule has 3 unspecified atom stereocenters. The van der Waals surface area contributed by atoms with Crippen LogP contribution in [-0.4, -0.2) is 52.0 Å². The zero-order chi connectivity index (χ0) is 17.2. The molecule has 2 bridgehead atoms. The van der Waals surface area contributed by atoms with E-state index in [-0.39, 0.29) is 29.3 Å². The van der Waals surface area contributed by atoms with Gasteiger partial charge in [0.1, 0.15) is 0 Å². The zero-order valence-corrected chi connectivity index (χ0v) is 15.1. The molecule has 2 fully saturated rings. The van der Waals surface area contributed by atoms with Crippen molar-refractivity contribution in [2.24, 2.45) is 4.99 Å². The molecule has 0 aromatic heterocycles. The predicted molar refractivity (Wildman–Crippen MR) is 94.3 cm³/mol. The summed E-state index contributed by atoms with van der Waals surface area (Å²) >= 11 is 5.79. The van der Waals surface area contributed by atoms with E-state index < -0.39 is 9.84 Å². The maximum atomic E-state index is 12.3. The minimum atomic E-state index is -3.35. The number of sulfone groups is 1. The predicted octanol–water partition coefficient (Wildman–Crippen LogP) is 1.60. The number of nitrogens with one attached hydrogen (secondary N) is 2. The van der Waals surface area contributed by atoms with E-state index in [1.807, 2.05) is 0 Å². The van der Waals surface area contributed by atoms with E-state index in [0.29, 0.717) is 17.1 Å². The summed E-state index contributed by atoms with van der Waals surface area (Å²) in [5.41, 5.74) is 0. The smallest absolute Gasteiger partial charge is 0.191 e. The number of hydrogen-bond acceptors (Lipinski definition) is 4. The summed E-state index contributed by atoms with van der Waals surface area (Å²) in [6, 6.07) is 6.46. The number of ether oxygens (including phenoxy) is 1. The average molecular weight is 372 g/mol. The van der Waals surface area contributed by atoms with Gasteiger partial charge in [0.05, 0.1) is 28.9 Å². The highest BCUT2D eigenvalue weighted by molar-refractivity contribution is 7.91. The second-order valence-corrected chi connectivity index (χ2v) is 8.68. The lowest BCUT2D eigenvalue weighted by Crippen LogP contribution is -2.48. The fraction of sp³-hybridized carbons (Fsp3) is 0.562. The summed E-state index contributed by atoms with van der Waals surface area (Å²) < 4.78 is 30.4. The molecule has 132 valence electrons. The Morgan fingerprint density at radius 1 is 1.33 bits per heavy atom. The maximum Gasteiger partial charge on any atom is 0.191 e. The standard InChI is InChI=1S/C16H22ClN3O3S/c1-18-16(20-14-10-12-4-7-15(14)23-12)19-8-9-24(21,22)13-5-2-11(17)3-6-13/h2-3,5-6,12,14-15H,4,7-10H2,1H3,(H2,18,19,20). The molecule has 3 atom stereocenters. The molecule has 1 aromatic rings. The van der Waals surface area contributed by atoms with E-state index in [0.717, 1.165) is 19.3 Å². The molecule has 24 heavy (non-hydrogen) atoms. The lowest BCUT2D eigenvalue weighted by atomic mass is 9.96. The first-order valence-electron chi connectivity index (χ1n) is 8.09. The number of halogens is 1. The summed E-state index contributed by atoms with van der Waals surface area (Å²) in [6.07, 6.45) is 3.79. The Bertz CT molecular complexity index is 706. The van der Waals surface area contributed by atoms with Crippen LogP contribution in [0.5, 0.6) is 0 Å². The van der Waals surface area contributed by atoms with Gasteiger partial charge in [-0.15, -0.1) is 0 Å². The Kier molecular flexibility index (Phi) is 5.32. The summed E-state index contributed by atoms with van der Waals surface area (Å²) in [4.78, 5) is 4.44. The lowest BCUT2D eigenvalue weighted by Gasteiger charge is -2.22. The average Bonchev–Trinajstić information content (AvgIpc) is 3.17. The molecule has 2 N–H and O–H groups in total. The van der Waals surface area contributed by atoms with Gasteiger partial charge in [0, 0.05) is 18.6 Å². The van der Waals surface area contributed by atoms with Crippen molar-refractivity contribution >= 4 is 27.4 Å². The van der Waals surface area contributed by atoms with Crippen LogP contribution in [0.2, 0.25) is 5.02 Å². The molecule has 3 rings (SSSR count). The number of fused-ring (bicyclic) bond motifs is 2. The maximum absolute atomic E-state index is 12.3. The summed E-state index contributed by atoms with van der Waals surface area (Å²) in [7, 11) is -1.67. The van der Waals surface area contributed by atoms with Gasteiger partial charge in [-0.25, -0.2) is 8.42 Å². The van der Waals surface area contributed by atoms with Gasteiger partial charge in [0.25, 0.3) is 0 Å². The molecule has 2 heterocycles. The fourth-order valence-corrected chi connectivity index (χ4v) is 4.51. The topological polar surface area (TPSA) is 79.8 Å². The van der Waals surface area contributed by atoms with E-state index >= 15 is 0 Å². The summed E-state index contributed by atoms with van der Waals surface area (Å²) in [5.74, 6) is 0.602. The Morgan fingerprint density at radius 2 is 2.08 bits per heavy atom. The van der Waals surface area contributed by atoms with Crippen molar-refractivity contribution in [2.45, 2.75) is 42.4 Å². The van der Waals surface area contributed by atoms with E-state index in [4.69, 9.17) is 16.3 Å². The molecule has 6 nitrogen and oxygen atoms in total. The Labute approximate surface area is 147 Å². The fourth-order valence-electron chi connectivity index (χ4n) is 3.22. The van der Waals surface area contributed by atoms with Gasteiger partial charge in [-0.05, 0) is 43.5 Å². The van der Waals surface area contributed by atoms with Gasteiger partial charge in [-0.2, -0.15) is 0 Å². The molecule has 2 aliphatic rings. The Morgan fingerprint density at radius 3 is 2.67 bits per heavy atom. The molecule has 1 aromatic carbocycles. The van der Waals surface area contributed by atoms with Crippen LogP contribution in [0.1, 0.15) is 19.3 Å². The van der Waals surface area contributed by atoms with Crippen LogP contribution in [0.4, 0.5) is 0 Å². The Balaban J connectivity index is 1.50. The normalized spacial score (nSPS) is 26.6. The molecule has 0 radical (unpaired) electrons. The SMILES string of the molecule is CN=C(NCCS(=O)(=O)c1ccc(Cl)cc1)NC1CC2CCC1O2. The highest BCUT2D eigenvalue weighted by Gasteiger charge is 2.41. The van der Waals surface area contributed by atoms with E-state index in [1.165, 1.54) is 12.1 Å². The molecular formula is C16H22ClN3O3S. The minimum Gasteiger partial charge on any atom is -0.373 e. The van der Waals surface area contributed by atoms with Crippen LogP contribution in [0, 0.1) is 0 Å². The largest absolute Gasteiger partial charge is 0.373 e. The minimum absolute atomic E-state index is 0.0114. The van der Waals surface area contributed by atoms with Gasteiger partial charge in [-0.1, -0.05) is 11.6 Å². The molecule has 0 aliphatic carbocycles. The molecule has 0 amide bonds. The molecular weight excluding hydrogens is 350 g/mol. The van der Waals surface area contributed by atoms with Gasteiger partial charge in [-0.3, -0.25) is 4.99 Å². The number of benzene rings is 1. The number of aliphatic imine (C=N–C) groups is 1. The molecule has 2 aliphatic heterocycles. The first kappa shape index (κ1) is 17.5. The van der Waals surface area contributed by atoms with Gasteiger partial charge < -0.3 is 15.4 Å². The first-order chi connectivity index (χ1) is 11.5.